The number of rotatable bonds is 2. The Labute approximate surface area is 86.9 Å². The van der Waals surface area contributed by atoms with Gasteiger partial charge in [-0.3, -0.25) is 10.1 Å². The van der Waals surface area contributed by atoms with Crippen molar-refractivity contribution in [2.75, 3.05) is 0 Å². The number of carboxylic acids is 1. The van der Waals surface area contributed by atoms with Crippen LogP contribution in [0.25, 0.3) is 0 Å². The molecule has 0 aliphatic carbocycles. The number of halogens is 1. The monoisotopic (exact) mass is 209 g/mol. The van der Waals surface area contributed by atoms with Gasteiger partial charge in [-0.05, 0) is 18.9 Å². The fraction of sp³-hybridized carbons (Fsp3) is 0.364. The Morgan fingerprint density at radius 3 is 2.73 bits per heavy atom. The lowest BCUT2D eigenvalue weighted by molar-refractivity contribution is -0.139. The van der Waals surface area contributed by atoms with Gasteiger partial charge in [0.1, 0.15) is 11.9 Å². The summed E-state index contributed by atoms with van der Waals surface area (Å²) in [7, 11) is 0. The number of aliphatic carboxylic acids is 1. The Morgan fingerprint density at radius 1 is 1.40 bits per heavy atom. The van der Waals surface area contributed by atoms with E-state index in [1.807, 2.05) is 0 Å². The van der Waals surface area contributed by atoms with E-state index in [1.54, 1.807) is 18.2 Å². The van der Waals surface area contributed by atoms with Crippen molar-refractivity contribution in [1.82, 2.24) is 5.32 Å². The third-order valence-electron chi connectivity index (χ3n) is 2.73. The molecule has 4 heteroatoms. The van der Waals surface area contributed by atoms with Gasteiger partial charge in [-0.15, -0.1) is 0 Å². The summed E-state index contributed by atoms with van der Waals surface area (Å²) in [6.07, 6.45) is 1.21. The van der Waals surface area contributed by atoms with Gasteiger partial charge in [-0.25, -0.2) is 4.39 Å². The molecule has 1 aliphatic rings. The van der Waals surface area contributed by atoms with Gasteiger partial charge in [0.2, 0.25) is 0 Å². The molecule has 80 valence electrons. The molecule has 2 atom stereocenters. The first kappa shape index (κ1) is 10.1. The summed E-state index contributed by atoms with van der Waals surface area (Å²) in [5.74, 6) is -1.14. The second-order valence-corrected chi connectivity index (χ2v) is 3.71. The van der Waals surface area contributed by atoms with E-state index in [0.717, 1.165) is 0 Å². The fourth-order valence-electron chi connectivity index (χ4n) is 1.94. The van der Waals surface area contributed by atoms with Crippen LogP contribution in [-0.4, -0.2) is 17.1 Å². The molecule has 1 aromatic carbocycles. The Morgan fingerprint density at radius 2 is 2.13 bits per heavy atom. The number of hydrogen-bond donors (Lipinski definition) is 2. The summed E-state index contributed by atoms with van der Waals surface area (Å²) < 4.78 is 13.4. The van der Waals surface area contributed by atoms with Crippen LogP contribution >= 0.6 is 0 Å². The first-order valence-corrected chi connectivity index (χ1v) is 4.92. The first-order chi connectivity index (χ1) is 7.18. The maximum absolute atomic E-state index is 13.4. The lowest BCUT2D eigenvalue weighted by Gasteiger charge is -2.12. The van der Waals surface area contributed by atoms with Gasteiger partial charge < -0.3 is 5.11 Å². The third-order valence-corrected chi connectivity index (χ3v) is 2.73. The molecule has 1 aliphatic heterocycles. The molecule has 3 nitrogen and oxygen atoms in total. The zero-order chi connectivity index (χ0) is 10.8. The Bertz CT molecular complexity index is 381. The Hall–Kier alpha value is -1.42. The molecule has 1 saturated heterocycles. The van der Waals surface area contributed by atoms with Crippen LogP contribution in [0.5, 0.6) is 0 Å². The van der Waals surface area contributed by atoms with Crippen molar-refractivity contribution in [3.63, 3.8) is 0 Å². The summed E-state index contributed by atoms with van der Waals surface area (Å²) in [6, 6.07) is 5.75. The molecule has 0 radical (unpaired) electrons. The highest BCUT2D eigenvalue weighted by Crippen LogP contribution is 2.28. The Kier molecular flexibility index (Phi) is 2.68. The van der Waals surface area contributed by atoms with Crippen molar-refractivity contribution >= 4 is 5.97 Å². The fourth-order valence-corrected chi connectivity index (χ4v) is 1.94. The average molecular weight is 209 g/mol. The largest absolute Gasteiger partial charge is 0.480 e. The molecular formula is C11H12FNO2. The molecule has 0 aromatic heterocycles. The van der Waals surface area contributed by atoms with E-state index in [4.69, 9.17) is 5.11 Å². The third kappa shape index (κ3) is 1.99. The SMILES string of the molecule is O=C(O)[C@@H]1CCC(c2ccccc2F)N1. The lowest BCUT2D eigenvalue weighted by Crippen LogP contribution is -2.32. The summed E-state index contributed by atoms with van der Waals surface area (Å²) in [5.41, 5.74) is 0.557. The van der Waals surface area contributed by atoms with Crippen molar-refractivity contribution in [1.29, 1.82) is 0 Å². The van der Waals surface area contributed by atoms with Gasteiger partial charge in [-0.2, -0.15) is 0 Å². The van der Waals surface area contributed by atoms with Gasteiger partial charge in [0, 0.05) is 11.6 Å². The van der Waals surface area contributed by atoms with Crippen LogP contribution < -0.4 is 5.32 Å². The van der Waals surface area contributed by atoms with E-state index in [-0.39, 0.29) is 11.9 Å². The molecule has 0 spiro atoms. The molecule has 2 rings (SSSR count). The average Bonchev–Trinajstić information content (AvgIpc) is 2.67. The molecule has 1 heterocycles. The topological polar surface area (TPSA) is 49.3 Å². The highest BCUT2D eigenvalue weighted by atomic mass is 19.1. The minimum Gasteiger partial charge on any atom is -0.480 e. The van der Waals surface area contributed by atoms with Crippen LogP contribution in [0.2, 0.25) is 0 Å². The summed E-state index contributed by atoms with van der Waals surface area (Å²) in [5, 5.41) is 11.7. The maximum Gasteiger partial charge on any atom is 0.320 e. The lowest BCUT2D eigenvalue weighted by atomic mass is 10.0. The molecule has 0 bridgehead atoms. The van der Waals surface area contributed by atoms with Crippen molar-refractivity contribution in [3.05, 3.63) is 35.6 Å². The van der Waals surface area contributed by atoms with E-state index in [0.29, 0.717) is 18.4 Å². The smallest absolute Gasteiger partial charge is 0.320 e. The highest BCUT2D eigenvalue weighted by molar-refractivity contribution is 5.73. The van der Waals surface area contributed by atoms with Crippen LogP contribution in [0.15, 0.2) is 24.3 Å². The predicted molar refractivity (Wildman–Crippen MR) is 52.9 cm³/mol. The molecule has 1 aromatic rings. The molecule has 15 heavy (non-hydrogen) atoms. The standard InChI is InChI=1S/C11H12FNO2/c12-8-4-2-1-3-7(8)9-5-6-10(13-9)11(14)15/h1-4,9-10,13H,5-6H2,(H,14,15)/t9?,10-/m0/s1. The summed E-state index contributed by atoms with van der Waals surface area (Å²) >= 11 is 0. The number of carbonyl (C=O) groups is 1. The normalized spacial score (nSPS) is 25.4. The van der Waals surface area contributed by atoms with Gasteiger partial charge in [0.15, 0.2) is 0 Å². The summed E-state index contributed by atoms with van der Waals surface area (Å²) in [6.45, 7) is 0. The van der Waals surface area contributed by atoms with Gasteiger partial charge >= 0.3 is 5.97 Å². The predicted octanol–water partition coefficient (Wildman–Crippen LogP) is 1.70. The summed E-state index contributed by atoms with van der Waals surface area (Å²) in [4.78, 5) is 10.7. The zero-order valence-electron chi connectivity index (χ0n) is 8.11. The van der Waals surface area contributed by atoms with Crippen LogP contribution in [0.4, 0.5) is 4.39 Å². The van der Waals surface area contributed by atoms with Crippen molar-refractivity contribution in [2.24, 2.45) is 0 Å². The van der Waals surface area contributed by atoms with Crippen LogP contribution in [0, 0.1) is 5.82 Å². The molecule has 1 unspecified atom stereocenters. The van der Waals surface area contributed by atoms with Crippen LogP contribution in [0.3, 0.4) is 0 Å². The minimum absolute atomic E-state index is 0.174. The first-order valence-electron chi connectivity index (χ1n) is 4.92. The van der Waals surface area contributed by atoms with E-state index in [2.05, 4.69) is 5.32 Å². The van der Waals surface area contributed by atoms with E-state index >= 15 is 0 Å². The van der Waals surface area contributed by atoms with Gasteiger partial charge in [0.05, 0.1) is 0 Å². The second-order valence-electron chi connectivity index (χ2n) is 3.71. The van der Waals surface area contributed by atoms with Crippen molar-refractivity contribution in [2.45, 2.75) is 24.9 Å². The molecule has 0 saturated carbocycles. The van der Waals surface area contributed by atoms with E-state index in [1.165, 1.54) is 6.07 Å². The van der Waals surface area contributed by atoms with Crippen LogP contribution in [-0.2, 0) is 4.79 Å². The molecule has 1 fully saturated rings. The Balaban J connectivity index is 2.14. The van der Waals surface area contributed by atoms with Crippen molar-refractivity contribution < 1.29 is 14.3 Å². The molecule has 2 N–H and O–H groups in total. The van der Waals surface area contributed by atoms with E-state index < -0.39 is 12.0 Å². The number of hydrogen-bond acceptors (Lipinski definition) is 2. The van der Waals surface area contributed by atoms with Gasteiger partial charge in [-0.1, -0.05) is 18.2 Å². The van der Waals surface area contributed by atoms with E-state index in [9.17, 15) is 9.18 Å². The maximum atomic E-state index is 13.4. The quantitative estimate of drug-likeness (QED) is 0.779. The number of nitrogens with one attached hydrogen (secondary N) is 1. The zero-order valence-corrected chi connectivity index (χ0v) is 8.11. The second kappa shape index (κ2) is 3.98. The molecule has 0 amide bonds. The molecular weight excluding hydrogens is 197 g/mol. The van der Waals surface area contributed by atoms with Gasteiger partial charge in [0.25, 0.3) is 0 Å². The highest BCUT2D eigenvalue weighted by Gasteiger charge is 2.30. The minimum atomic E-state index is -0.867. The van der Waals surface area contributed by atoms with Crippen molar-refractivity contribution in [3.8, 4) is 0 Å². The van der Waals surface area contributed by atoms with Crippen LogP contribution in [0.1, 0.15) is 24.4 Å². The number of carboxylic acid groups (broad SMARTS) is 1. The number of benzene rings is 1.